The van der Waals surface area contributed by atoms with Crippen LogP contribution in [0.4, 0.5) is 4.39 Å². The molecule has 0 spiro atoms. The van der Waals surface area contributed by atoms with E-state index in [1.165, 1.54) is 41.6 Å². The maximum atomic E-state index is 14.1. The highest BCUT2D eigenvalue weighted by molar-refractivity contribution is 7.90. The number of hydrogen-bond acceptors (Lipinski definition) is 6. The number of sulfone groups is 1. The standard InChI is InChI=1S/C21H18FN7O2S/c1-12(28-11-26-21-19(20(28)23)24-10-25-21)18-16-7-6-13(22)8-17(16)29(27-18)14-4-3-5-15(9-14)32(2,30)31/h3-12,23H,1-2H3,(H,24,25). The number of aromatic amines is 1. The molecule has 1 atom stereocenters. The van der Waals surface area contributed by atoms with Crippen LogP contribution in [0.1, 0.15) is 18.7 Å². The van der Waals surface area contributed by atoms with E-state index in [4.69, 9.17) is 10.5 Å². The molecule has 0 radical (unpaired) electrons. The summed E-state index contributed by atoms with van der Waals surface area (Å²) in [5, 5.41) is 13.9. The molecule has 5 aromatic rings. The molecule has 1 unspecified atom stereocenters. The van der Waals surface area contributed by atoms with Gasteiger partial charge in [0.15, 0.2) is 21.0 Å². The van der Waals surface area contributed by atoms with Crippen LogP contribution in [0.25, 0.3) is 27.8 Å². The number of aromatic nitrogens is 6. The van der Waals surface area contributed by atoms with Gasteiger partial charge in [-0.2, -0.15) is 5.10 Å². The Kier molecular flexibility index (Phi) is 4.45. The van der Waals surface area contributed by atoms with Gasteiger partial charge in [-0.05, 0) is 37.3 Å². The van der Waals surface area contributed by atoms with E-state index in [2.05, 4.69) is 15.0 Å². The predicted molar refractivity (Wildman–Crippen MR) is 116 cm³/mol. The number of nitrogens with one attached hydrogen (secondary N) is 2. The first-order chi connectivity index (χ1) is 15.2. The predicted octanol–water partition coefficient (Wildman–Crippen LogP) is 2.73. The Morgan fingerprint density at radius 3 is 2.75 bits per heavy atom. The summed E-state index contributed by atoms with van der Waals surface area (Å²) in [6.07, 6.45) is 4.13. The van der Waals surface area contributed by atoms with E-state index in [9.17, 15) is 12.8 Å². The van der Waals surface area contributed by atoms with Crippen LogP contribution in [0.5, 0.6) is 0 Å². The highest BCUT2D eigenvalue weighted by atomic mass is 32.2. The van der Waals surface area contributed by atoms with Gasteiger partial charge in [-0.25, -0.2) is 27.5 Å². The van der Waals surface area contributed by atoms with Crippen molar-refractivity contribution < 1.29 is 12.8 Å². The zero-order chi connectivity index (χ0) is 22.6. The van der Waals surface area contributed by atoms with Gasteiger partial charge < -0.3 is 9.55 Å². The van der Waals surface area contributed by atoms with E-state index in [-0.39, 0.29) is 10.4 Å². The van der Waals surface area contributed by atoms with Gasteiger partial charge in [0.25, 0.3) is 0 Å². The third-order valence-electron chi connectivity index (χ3n) is 5.39. The van der Waals surface area contributed by atoms with Crippen molar-refractivity contribution in [2.45, 2.75) is 17.9 Å². The molecule has 0 saturated carbocycles. The summed E-state index contributed by atoms with van der Waals surface area (Å²) in [5.74, 6) is -0.438. The van der Waals surface area contributed by atoms with Gasteiger partial charge in [0.2, 0.25) is 0 Å². The summed E-state index contributed by atoms with van der Waals surface area (Å²) in [7, 11) is -3.43. The number of hydrogen-bond donors (Lipinski definition) is 2. The molecule has 3 aromatic heterocycles. The summed E-state index contributed by atoms with van der Waals surface area (Å²) < 4.78 is 41.4. The number of nitrogens with zero attached hydrogens (tertiary/aromatic N) is 5. The lowest BCUT2D eigenvalue weighted by Crippen LogP contribution is -2.25. The summed E-state index contributed by atoms with van der Waals surface area (Å²) in [6, 6.07) is 10.2. The summed E-state index contributed by atoms with van der Waals surface area (Å²) in [6.45, 7) is 1.87. The number of imidazole rings is 1. The molecule has 2 N–H and O–H groups in total. The molecular weight excluding hydrogens is 433 g/mol. The molecule has 0 fully saturated rings. The van der Waals surface area contributed by atoms with Crippen LogP contribution in [-0.4, -0.2) is 44.0 Å². The molecule has 0 bridgehead atoms. The quantitative estimate of drug-likeness (QED) is 0.435. The van der Waals surface area contributed by atoms with Gasteiger partial charge >= 0.3 is 0 Å². The second kappa shape index (κ2) is 7.09. The molecule has 162 valence electrons. The minimum atomic E-state index is -3.43. The number of rotatable bonds is 4. The van der Waals surface area contributed by atoms with Crippen LogP contribution >= 0.6 is 0 Å². The molecule has 0 saturated heterocycles. The fourth-order valence-electron chi connectivity index (χ4n) is 3.75. The van der Waals surface area contributed by atoms with Gasteiger partial charge in [-0.15, -0.1) is 0 Å². The Bertz CT molecular complexity index is 1670. The van der Waals surface area contributed by atoms with E-state index in [1.54, 1.807) is 22.8 Å². The van der Waals surface area contributed by atoms with E-state index in [0.29, 0.717) is 33.4 Å². The van der Waals surface area contributed by atoms with E-state index >= 15 is 0 Å². The van der Waals surface area contributed by atoms with Crippen LogP contribution in [0.2, 0.25) is 0 Å². The largest absolute Gasteiger partial charge is 0.340 e. The van der Waals surface area contributed by atoms with Crippen LogP contribution < -0.4 is 5.49 Å². The number of halogens is 1. The van der Waals surface area contributed by atoms with E-state index in [1.807, 2.05) is 6.92 Å². The van der Waals surface area contributed by atoms with Crippen LogP contribution in [0.3, 0.4) is 0 Å². The van der Waals surface area contributed by atoms with Crippen molar-refractivity contribution in [2.24, 2.45) is 0 Å². The zero-order valence-electron chi connectivity index (χ0n) is 17.1. The third kappa shape index (κ3) is 3.17. The third-order valence-corrected chi connectivity index (χ3v) is 6.50. The van der Waals surface area contributed by atoms with Gasteiger partial charge in [-0.1, -0.05) is 6.07 Å². The Labute approximate surface area is 181 Å². The number of H-pyrrole nitrogens is 1. The van der Waals surface area contributed by atoms with Crippen molar-refractivity contribution in [3.05, 3.63) is 72.1 Å². The molecule has 32 heavy (non-hydrogen) atoms. The van der Waals surface area contributed by atoms with Crippen molar-refractivity contribution in [3.8, 4) is 5.69 Å². The Balaban J connectivity index is 1.73. The van der Waals surface area contributed by atoms with Crippen molar-refractivity contribution in [1.82, 2.24) is 29.3 Å². The van der Waals surface area contributed by atoms with Gasteiger partial charge in [0.05, 0.1) is 40.5 Å². The Morgan fingerprint density at radius 1 is 1.16 bits per heavy atom. The summed E-state index contributed by atoms with van der Waals surface area (Å²) in [5.41, 5.74) is 2.68. The van der Waals surface area contributed by atoms with Crippen LogP contribution in [0.15, 0.2) is 60.0 Å². The zero-order valence-corrected chi connectivity index (χ0v) is 17.9. The fourth-order valence-corrected chi connectivity index (χ4v) is 4.41. The van der Waals surface area contributed by atoms with Crippen LogP contribution in [-0.2, 0) is 9.84 Å². The Hall–Kier alpha value is -3.86. The molecule has 0 aliphatic carbocycles. The SMILES string of the molecule is CC(c1nn(-c2cccc(S(C)(=O)=O)c2)c2cc(F)ccc12)n1cnc2nc[nH]c2c1=N. The average molecular weight is 451 g/mol. The molecule has 11 heteroatoms. The molecule has 9 nitrogen and oxygen atoms in total. The summed E-state index contributed by atoms with van der Waals surface area (Å²) >= 11 is 0. The first-order valence-corrected chi connectivity index (χ1v) is 11.6. The second-order valence-electron chi connectivity index (χ2n) is 7.51. The molecular formula is C21H18FN7O2S. The first-order valence-electron chi connectivity index (χ1n) is 9.67. The van der Waals surface area contributed by atoms with Gasteiger partial charge in [0.1, 0.15) is 11.3 Å². The van der Waals surface area contributed by atoms with Crippen molar-refractivity contribution in [2.75, 3.05) is 6.26 Å². The van der Waals surface area contributed by atoms with Crippen LogP contribution in [0, 0.1) is 11.2 Å². The summed E-state index contributed by atoms with van der Waals surface area (Å²) in [4.78, 5) is 11.4. The molecule has 0 aliphatic rings. The smallest absolute Gasteiger partial charge is 0.182 e. The first kappa shape index (κ1) is 20.1. The number of benzene rings is 2. The molecule has 5 rings (SSSR count). The highest BCUT2D eigenvalue weighted by Crippen LogP contribution is 2.29. The van der Waals surface area contributed by atoms with Crippen molar-refractivity contribution >= 4 is 31.9 Å². The molecule has 3 heterocycles. The molecule has 2 aromatic carbocycles. The average Bonchev–Trinajstić information content (AvgIpc) is 3.38. The lowest BCUT2D eigenvalue weighted by molar-refractivity contribution is 0.576. The van der Waals surface area contributed by atoms with E-state index in [0.717, 1.165) is 6.26 Å². The lowest BCUT2D eigenvalue weighted by Gasteiger charge is -2.14. The maximum absolute atomic E-state index is 14.1. The lowest BCUT2D eigenvalue weighted by atomic mass is 10.1. The Morgan fingerprint density at radius 2 is 1.97 bits per heavy atom. The normalized spacial score (nSPS) is 13.1. The monoisotopic (exact) mass is 451 g/mol. The van der Waals surface area contributed by atoms with E-state index < -0.39 is 21.7 Å². The molecule has 0 amide bonds. The minimum Gasteiger partial charge on any atom is -0.340 e. The minimum absolute atomic E-state index is 0.140. The van der Waals surface area contributed by atoms with Crippen molar-refractivity contribution in [1.29, 1.82) is 5.41 Å². The topological polar surface area (TPSA) is 122 Å². The maximum Gasteiger partial charge on any atom is 0.182 e. The highest BCUT2D eigenvalue weighted by Gasteiger charge is 2.21. The number of fused-ring (bicyclic) bond motifs is 2. The van der Waals surface area contributed by atoms with Gasteiger partial charge in [0, 0.05) is 17.7 Å². The second-order valence-corrected chi connectivity index (χ2v) is 9.52. The van der Waals surface area contributed by atoms with Gasteiger partial charge in [-0.3, -0.25) is 5.41 Å². The molecule has 0 aliphatic heterocycles. The van der Waals surface area contributed by atoms with Crippen molar-refractivity contribution in [3.63, 3.8) is 0 Å². The fraction of sp³-hybridized carbons (Fsp3) is 0.143.